The van der Waals surface area contributed by atoms with Crippen LogP contribution in [0.3, 0.4) is 0 Å². The van der Waals surface area contributed by atoms with Gasteiger partial charge in [0.15, 0.2) is 31.7 Å². The van der Waals surface area contributed by atoms with E-state index < -0.39 is 82.6 Å². The minimum atomic E-state index is -5.01. The monoisotopic (exact) mass is 802 g/mol. The van der Waals surface area contributed by atoms with Crippen molar-refractivity contribution in [3.05, 3.63) is 123 Å². The highest BCUT2D eigenvalue weighted by Crippen LogP contribution is 2.60. The first kappa shape index (κ1) is 40.2. The largest absolute Gasteiger partial charge is 0.508 e. The van der Waals surface area contributed by atoms with Gasteiger partial charge in [-0.05, 0) is 78.9 Å². The Kier molecular flexibility index (Phi) is 10.1. The average Bonchev–Trinajstić information content (AvgIpc) is 3.56. The fourth-order valence-electron chi connectivity index (χ4n) is 8.32. The lowest BCUT2D eigenvalue weighted by molar-refractivity contribution is -0.138. The van der Waals surface area contributed by atoms with E-state index in [0.29, 0.717) is 5.56 Å². The van der Waals surface area contributed by atoms with Crippen LogP contribution in [0, 0.1) is 11.8 Å². The van der Waals surface area contributed by atoms with Crippen LogP contribution in [-0.4, -0.2) is 61.0 Å². The number of hydrogen-bond acceptors (Lipinski definition) is 10. The van der Waals surface area contributed by atoms with E-state index in [1.807, 2.05) is 64.2 Å². The molecule has 14 heteroatoms. The van der Waals surface area contributed by atoms with Gasteiger partial charge in [0.2, 0.25) is 5.78 Å². The van der Waals surface area contributed by atoms with Crippen molar-refractivity contribution >= 4 is 26.2 Å². The van der Waals surface area contributed by atoms with Gasteiger partial charge in [-0.25, -0.2) is 0 Å². The van der Waals surface area contributed by atoms with Crippen LogP contribution >= 0.6 is 0 Å². The van der Waals surface area contributed by atoms with Crippen LogP contribution in [-0.2, 0) is 30.2 Å². The highest BCUT2D eigenvalue weighted by molar-refractivity contribution is 6.74. The topological polar surface area (TPSA) is 128 Å². The van der Waals surface area contributed by atoms with E-state index in [0.717, 1.165) is 11.6 Å². The summed E-state index contributed by atoms with van der Waals surface area (Å²) in [4.78, 5) is 44.5. The third-order valence-electron chi connectivity index (χ3n) is 12.0. The minimum Gasteiger partial charge on any atom is -0.508 e. The van der Waals surface area contributed by atoms with Crippen LogP contribution in [0.15, 0.2) is 82.6 Å². The van der Waals surface area contributed by atoms with Gasteiger partial charge in [-0.1, -0.05) is 81.4 Å². The molecule has 3 aromatic carbocycles. The second kappa shape index (κ2) is 14.4. The molecule has 3 aliphatic rings. The Morgan fingerprint density at radius 1 is 0.965 bits per heavy atom. The second-order valence-corrected chi connectivity index (χ2v) is 21.5. The van der Waals surface area contributed by atoms with Crippen molar-refractivity contribution in [1.29, 1.82) is 0 Å². The maximum atomic E-state index is 15.5. The van der Waals surface area contributed by atoms with E-state index in [9.17, 15) is 23.1 Å². The van der Waals surface area contributed by atoms with Crippen molar-refractivity contribution in [2.75, 3.05) is 14.1 Å². The quantitative estimate of drug-likeness (QED) is 0.123. The van der Waals surface area contributed by atoms with E-state index in [-0.39, 0.29) is 60.9 Å². The maximum Gasteiger partial charge on any atom is 0.417 e. The predicted molar refractivity (Wildman–Crippen MR) is 206 cm³/mol. The molecule has 0 amide bonds. The molecule has 3 aliphatic carbocycles. The number of halogens is 3. The molecular formula is C43H45F3N2O8Si. The van der Waals surface area contributed by atoms with Gasteiger partial charge in [-0.2, -0.15) is 13.2 Å². The van der Waals surface area contributed by atoms with E-state index >= 15 is 9.59 Å². The van der Waals surface area contributed by atoms with Crippen molar-refractivity contribution < 1.29 is 51.1 Å². The number of fused-ring (bicyclic) bond motifs is 4. The van der Waals surface area contributed by atoms with Crippen molar-refractivity contribution in [1.82, 2.24) is 10.1 Å². The van der Waals surface area contributed by atoms with Gasteiger partial charge in [-0.15, -0.1) is 0 Å². The molecule has 4 aromatic rings. The van der Waals surface area contributed by atoms with Crippen LogP contribution in [0.2, 0.25) is 18.1 Å². The van der Waals surface area contributed by atoms with E-state index in [1.54, 1.807) is 49.3 Å². The summed E-state index contributed by atoms with van der Waals surface area (Å²) >= 11 is 0. The van der Waals surface area contributed by atoms with Crippen LogP contribution in [0.1, 0.15) is 92.3 Å². The Hall–Kier alpha value is -5.05. The van der Waals surface area contributed by atoms with Crippen molar-refractivity contribution in [2.45, 2.75) is 82.8 Å². The number of aliphatic hydroxyl groups is 1. The number of allylic oxidation sites excluding steroid dienone is 1. The number of carbonyl (C=O) groups excluding carboxylic acids is 3. The van der Waals surface area contributed by atoms with Crippen LogP contribution in [0.25, 0.3) is 0 Å². The summed E-state index contributed by atoms with van der Waals surface area (Å²) in [5.74, 6) is -4.49. The summed E-state index contributed by atoms with van der Waals surface area (Å²) in [6.07, 6.45) is -5.34. The molecule has 0 bridgehead atoms. The molecule has 57 heavy (non-hydrogen) atoms. The number of alkyl halides is 3. The summed E-state index contributed by atoms with van der Waals surface area (Å²) in [6.45, 7) is 9.67. The molecule has 1 heterocycles. The zero-order valence-corrected chi connectivity index (χ0v) is 33.8. The number of benzene rings is 3. The predicted octanol–water partition coefficient (Wildman–Crippen LogP) is 9.11. The molecule has 1 aromatic heterocycles. The van der Waals surface area contributed by atoms with Gasteiger partial charge in [0.05, 0.1) is 17.2 Å². The van der Waals surface area contributed by atoms with Gasteiger partial charge in [0.25, 0.3) is 5.88 Å². The smallest absolute Gasteiger partial charge is 0.417 e. The van der Waals surface area contributed by atoms with Crippen LogP contribution < -0.4 is 9.47 Å². The molecule has 0 aliphatic heterocycles. The second-order valence-electron chi connectivity index (χ2n) is 16.8. The zero-order chi connectivity index (χ0) is 41.2. The Morgan fingerprint density at radius 3 is 2.11 bits per heavy atom. The molecule has 7 rings (SSSR count). The SMILES string of the molecule is CN(C)[C@@H]1c2onc(OCc3ccccc3)c2C(=O)C2(O[Si](C)(C)C(C)(C)C)C(O)=C3C(=O)c4c(OCc5ccccc5)cc(C=O)c(C(F)(F)F)c4C[C@H]3C[C@@H]12. The number of Topliss-reactive ketones (excluding diaryl/α,β-unsaturated/α-hetero) is 2. The fraction of sp³-hybridized carbons (Fsp3) is 0.395. The number of aliphatic hydroxyl groups excluding tert-OH is 1. The van der Waals surface area contributed by atoms with Gasteiger partial charge in [-0.3, -0.25) is 19.3 Å². The fourth-order valence-corrected chi connectivity index (χ4v) is 9.77. The van der Waals surface area contributed by atoms with Crippen molar-refractivity contribution in [3.63, 3.8) is 0 Å². The summed E-state index contributed by atoms with van der Waals surface area (Å²) in [5.41, 5.74) is -3.72. The zero-order valence-electron chi connectivity index (χ0n) is 32.8. The lowest BCUT2D eigenvalue weighted by Gasteiger charge is -2.55. The first-order valence-electron chi connectivity index (χ1n) is 18.8. The summed E-state index contributed by atoms with van der Waals surface area (Å²) in [6, 6.07) is 18.2. The molecule has 0 saturated heterocycles. The Balaban J connectivity index is 1.46. The maximum absolute atomic E-state index is 15.5. The Bertz CT molecular complexity index is 2260. The number of nitrogens with zero attached hydrogens (tertiary/aromatic N) is 2. The molecular weight excluding hydrogens is 758 g/mol. The lowest BCUT2D eigenvalue weighted by atomic mass is 9.58. The third kappa shape index (κ3) is 6.70. The van der Waals surface area contributed by atoms with Crippen LogP contribution in [0.4, 0.5) is 13.2 Å². The van der Waals surface area contributed by atoms with Gasteiger partial charge >= 0.3 is 6.18 Å². The van der Waals surface area contributed by atoms with E-state index in [4.69, 9.17) is 18.4 Å². The number of rotatable bonds is 10. The Labute approximate surface area is 329 Å². The number of carbonyl (C=O) groups is 3. The van der Waals surface area contributed by atoms with E-state index in [2.05, 4.69) is 5.16 Å². The van der Waals surface area contributed by atoms with Gasteiger partial charge < -0.3 is 23.5 Å². The number of ketones is 2. The molecule has 0 fully saturated rings. The average molecular weight is 803 g/mol. The third-order valence-corrected chi connectivity index (χ3v) is 16.4. The van der Waals surface area contributed by atoms with Crippen molar-refractivity contribution in [3.8, 4) is 11.6 Å². The lowest BCUT2D eigenvalue weighted by Crippen LogP contribution is -2.65. The van der Waals surface area contributed by atoms with E-state index in [1.165, 1.54) is 0 Å². The highest BCUT2D eigenvalue weighted by atomic mass is 28.4. The minimum absolute atomic E-state index is 0.0414. The molecule has 300 valence electrons. The summed E-state index contributed by atoms with van der Waals surface area (Å²) < 4.78 is 70.0. The molecule has 10 nitrogen and oxygen atoms in total. The molecule has 4 atom stereocenters. The van der Waals surface area contributed by atoms with Gasteiger partial charge in [0, 0.05) is 17.1 Å². The molecule has 1 unspecified atom stereocenters. The highest BCUT2D eigenvalue weighted by Gasteiger charge is 2.67. The number of aromatic nitrogens is 1. The number of hydrogen-bond donors (Lipinski definition) is 1. The molecule has 0 saturated carbocycles. The number of ether oxygens (including phenoxy) is 2. The van der Waals surface area contributed by atoms with Crippen molar-refractivity contribution in [2.24, 2.45) is 11.8 Å². The first-order valence-corrected chi connectivity index (χ1v) is 21.7. The van der Waals surface area contributed by atoms with Crippen LogP contribution in [0.5, 0.6) is 11.6 Å². The number of aldehydes is 1. The molecule has 0 radical (unpaired) electrons. The Morgan fingerprint density at radius 2 is 1.56 bits per heavy atom. The molecule has 0 spiro atoms. The first-order chi connectivity index (χ1) is 26.8. The summed E-state index contributed by atoms with van der Waals surface area (Å²) in [7, 11) is 0.447. The standard InChI is InChI=1S/C43H45F3N2O8Si/c1-41(2,3)57(6,7)56-42-29(35(48(4)5)37-33(39(42)52)40(47-55-37)54-23-25-16-12-9-13-17-25)19-26-18-28-32(36(50)31(26)38(42)51)30(53-22-24-14-10-8-11-15-24)20-27(21-49)34(28)43(44,45)46/h8-17,20-21,26,29,35,51H,18-19,22-23H2,1-7H3/t26-,29-,35-,42?/m0/s1. The molecule has 1 N–H and O–H groups in total. The van der Waals surface area contributed by atoms with Gasteiger partial charge in [0.1, 0.15) is 30.3 Å². The summed E-state index contributed by atoms with van der Waals surface area (Å²) in [5, 5.41) is 16.5. The normalized spacial score (nSPS) is 22.1.